The van der Waals surface area contributed by atoms with Crippen LogP contribution in [0.5, 0.6) is 17.2 Å². The van der Waals surface area contributed by atoms with Crippen LogP contribution >= 0.6 is 0 Å². The maximum absolute atomic E-state index is 12.2. The number of carboxylic acid groups (broad SMARTS) is 1. The Balaban J connectivity index is 2.09. The number of nitrogens with one attached hydrogen (secondary N) is 1. The van der Waals surface area contributed by atoms with Crippen molar-refractivity contribution < 1.29 is 28.9 Å². The number of methoxy groups -OCH3 is 2. The summed E-state index contributed by atoms with van der Waals surface area (Å²) >= 11 is 0. The van der Waals surface area contributed by atoms with Gasteiger partial charge >= 0.3 is 0 Å². The molecule has 0 heterocycles. The number of anilines is 1. The van der Waals surface area contributed by atoms with Crippen molar-refractivity contribution in [3.63, 3.8) is 0 Å². The van der Waals surface area contributed by atoms with E-state index in [9.17, 15) is 14.7 Å². The quantitative estimate of drug-likeness (QED) is 0.785. The van der Waals surface area contributed by atoms with E-state index in [0.717, 1.165) is 5.56 Å². The fraction of sp³-hybridized carbons (Fsp3) is 0.333. The highest BCUT2D eigenvalue weighted by Gasteiger charge is 2.15. The topological polar surface area (TPSA) is 96.9 Å². The van der Waals surface area contributed by atoms with Crippen molar-refractivity contribution in [2.75, 3.05) is 26.1 Å². The van der Waals surface area contributed by atoms with Gasteiger partial charge < -0.3 is 29.4 Å². The lowest BCUT2D eigenvalue weighted by Gasteiger charge is -2.19. The average molecular weight is 386 g/mol. The fourth-order valence-corrected chi connectivity index (χ4v) is 2.54. The van der Waals surface area contributed by atoms with Crippen LogP contribution in [-0.4, -0.2) is 32.7 Å². The molecule has 2 rings (SSSR count). The van der Waals surface area contributed by atoms with Gasteiger partial charge in [-0.25, -0.2) is 0 Å². The van der Waals surface area contributed by atoms with E-state index in [0.29, 0.717) is 5.75 Å². The van der Waals surface area contributed by atoms with Crippen LogP contribution in [0.15, 0.2) is 36.4 Å². The van der Waals surface area contributed by atoms with Gasteiger partial charge in [0, 0.05) is 11.6 Å². The number of hydrogen-bond acceptors (Lipinski definition) is 6. The molecule has 1 amide bonds. The van der Waals surface area contributed by atoms with Crippen LogP contribution in [0.25, 0.3) is 0 Å². The number of rotatable bonds is 7. The molecular formula is C21H24NO6-. The van der Waals surface area contributed by atoms with E-state index in [1.54, 1.807) is 12.1 Å². The van der Waals surface area contributed by atoms with E-state index in [1.165, 1.54) is 26.4 Å². The molecule has 0 aromatic heterocycles. The lowest BCUT2D eigenvalue weighted by molar-refractivity contribution is -0.254. The van der Waals surface area contributed by atoms with Gasteiger partial charge in [-0.05, 0) is 29.2 Å². The Morgan fingerprint density at radius 3 is 2.07 bits per heavy atom. The molecule has 1 N–H and O–H groups in total. The molecule has 0 aliphatic heterocycles. The summed E-state index contributed by atoms with van der Waals surface area (Å²) in [6.45, 7) is 6.03. The standard InChI is InChI=1S/C21H25NO6/c1-21(2,3)13-6-8-14(9-7-13)28-12-19(23)22-16-11-18(27-5)17(26-4)10-15(16)20(24)25/h6-11H,12H2,1-5H3,(H,22,23)(H,24,25)/p-1. The van der Waals surface area contributed by atoms with Crippen molar-refractivity contribution in [2.24, 2.45) is 0 Å². The summed E-state index contributed by atoms with van der Waals surface area (Å²) in [5, 5.41) is 13.9. The maximum atomic E-state index is 12.2. The molecule has 28 heavy (non-hydrogen) atoms. The van der Waals surface area contributed by atoms with E-state index in [2.05, 4.69) is 26.1 Å². The van der Waals surface area contributed by atoms with Crippen LogP contribution in [0, 0.1) is 0 Å². The van der Waals surface area contributed by atoms with Crippen LogP contribution in [0.4, 0.5) is 5.69 Å². The normalized spacial score (nSPS) is 10.9. The Morgan fingerprint density at radius 1 is 1.00 bits per heavy atom. The number of carbonyl (C=O) groups is 2. The van der Waals surface area contributed by atoms with Crippen molar-refractivity contribution in [2.45, 2.75) is 26.2 Å². The van der Waals surface area contributed by atoms with Gasteiger partial charge in [-0.3, -0.25) is 4.79 Å². The van der Waals surface area contributed by atoms with E-state index in [-0.39, 0.29) is 34.8 Å². The highest BCUT2D eigenvalue weighted by molar-refractivity contribution is 6.01. The lowest BCUT2D eigenvalue weighted by Crippen LogP contribution is -2.26. The molecule has 0 aliphatic rings. The van der Waals surface area contributed by atoms with Gasteiger partial charge in [0.25, 0.3) is 5.91 Å². The first-order valence-electron chi connectivity index (χ1n) is 8.66. The summed E-state index contributed by atoms with van der Waals surface area (Å²) in [6.07, 6.45) is 0. The van der Waals surface area contributed by atoms with Crippen molar-refractivity contribution >= 4 is 17.6 Å². The highest BCUT2D eigenvalue weighted by atomic mass is 16.5. The summed E-state index contributed by atoms with van der Waals surface area (Å²) in [7, 11) is 2.79. The predicted molar refractivity (Wildman–Crippen MR) is 103 cm³/mol. The van der Waals surface area contributed by atoms with Gasteiger partial charge in [-0.1, -0.05) is 32.9 Å². The molecule has 2 aromatic rings. The number of carboxylic acids is 1. The summed E-state index contributed by atoms with van der Waals surface area (Å²) in [6, 6.07) is 10.1. The molecule has 0 fully saturated rings. The van der Waals surface area contributed by atoms with Gasteiger partial charge in [-0.2, -0.15) is 0 Å². The van der Waals surface area contributed by atoms with Crippen molar-refractivity contribution in [3.05, 3.63) is 47.5 Å². The molecule has 7 nitrogen and oxygen atoms in total. The molecular weight excluding hydrogens is 362 g/mol. The van der Waals surface area contributed by atoms with Crippen LogP contribution in [0.2, 0.25) is 0 Å². The minimum absolute atomic E-state index is 0.0184. The first-order valence-corrected chi connectivity index (χ1v) is 8.66. The second-order valence-corrected chi connectivity index (χ2v) is 7.15. The fourth-order valence-electron chi connectivity index (χ4n) is 2.54. The molecule has 0 unspecified atom stereocenters. The zero-order valence-electron chi connectivity index (χ0n) is 16.6. The number of ether oxygens (including phenoxy) is 3. The summed E-state index contributed by atoms with van der Waals surface area (Å²) in [5.74, 6) is -0.934. The van der Waals surface area contributed by atoms with Crippen LogP contribution in [0.3, 0.4) is 0 Å². The smallest absolute Gasteiger partial charge is 0.262 e. The highest BCUT2D eigenvalue weighted by Crippen LogP contribution is 2.33. The van der Waals surface area contributed by atoms with Gasteiger partial charge in [0.05, 0.1) is 25.9 Å². The molecule has 0 saturated carbocycles. The Bertz CT molecular complexity index is 852. The maximum Gasteiger partial charge on any atom is 0.262 e. The molecule has 7 heteroatoms. The number of aromatic carboxylic acids is 1. The third kappa shape index (κ3) is 5.16. The lowest BCUT2D eigenvalue weighted by atomic mass is 9.87. The molecule has 2 aromatic carbocycles. The van der Waals surface area contributed by atoms with E-state index in [4.69, 9.17) is 14.2 Å². The molecule has 0 bridgehead atoms. The van der Waals surface area contributed by atoms with Gasteiger partial charge in [0.1, 0.15) is 5.75 Å². The molecule has 150 valence electrons. The summed E-state index contributed by atoms with van der Waals surface area (Å²) in [4.78, 5) is 23.6. The average Bonchev–Trinajstić information content (AvgIpc) is 2.65. The van der Waals surface area contributed by atoms with Gasteiger partial charge in [0.15, 0.2) is 18.1 Å². The second-order valence-electron chi connectivity index (χ2n) is 7.15. The minimum atomic E-state index is -1.45. The summed E-state index contributed by atoms with van der Waals surface area (Å²) < 4.78 is 15.7. The van der Waals surface area contributed by atoms with E-state index < -0.39 is 11.9 Å². The van der Waals surface area contributed by atoms with Crippen LogP contribution in [0.1, 0.15) is 36.7 Å². The van der Waals surface area contributed by atoms with Gasteiger partial charge in [0.2, 0.25) is 0 Å². The number of hydrogen-bond donors (Lipinski definition) is 1. The summed E-state index contributed by atoms with van der Waals surface area (Å²) in [5.41, 5.74) is 0.980. The largest absolute Gasteiger partial charge is 0.545 e. The van der Waals surface area contributed by atoms with Crippen LogP contribution in [-0.2, 0) is 10.2 Å². The number of amides is 1. The Morgan fingerprint density at radius 2 is 1.57 bits per heavy atom. The zero-order chi connectivity index (χ0) is 20.9. The molecule has 0 spiro atoms. The Labute approximate surface area is 164 Å². The molecule has 0 aliphatic carbocycles. The van der Waals surface area contributed by atoms with E-state index in [1.807, 2.05) is 12.1 Å². The first-order chi connectivity index (χ1) is 13.2. The second kappa shape index (κ2) is 8.65. The van der Waals surface area contributed by atoms with Crippen molar-refractivity contribution in [1.29, 1.82) is 0 Å². The van der Waals surface area contributed by atoms with Crippen molar-refractivity contribution in [1.82, 2.24) is 0 Å². The van der Waals surface area contributed by atoms with E-state index >= 15 is 0 Å². The Kier molecular flexibility index (Phi) is 6.51. The third-order valence-electron chi connectivity index (χ3n) is 4.11. The van der Waals surface area contributed by atoms with Crippen molar-refractivity contribution in [3.8, 4) is 17.2 Å². The zero-order valence-corrected chi connectivity index (χ0v) is 16.6. The minimum Gasteiger partial charge on any atom is -0.545 e. The Hall–Kier alpha value is -3.22. The van der Waals surface area contributed by atoms with Gasteiger partial charge in [-0.15, -0.1) is 0 Å². The molecule has 0 radical (unpaired) electrons. The van der Waals surface area contributed by atoms with Crippen LogP contribution < -0.4 is 24.6 Å². The first kappa shape index (κ1) is 21.1. The number of carbonyl (C=O) groups excluding carboxylic acids is 2. The number of benzene rings is 2. The molecule has 0 atom stereocenters. The third-order valence-corrected chi connectivity index (χ3v) is 4.11. The molecule has 0 saturated heterocycles. The SMILES string of the molecule is COc1cc(NC(=O)COc2ccc(C(C)(C)C)cc2)c(C(=O)[O-])cc1OC. The monoisotopic (exact) mass is 386 g/mol. The predicted octanol–water partition coefficient (Wildman–Crippen LogP) is 2.38.